The van der Waals surface area contributed by atoms with Crippen LogP contribution in [-0.4, -0.2) is 39.3 Å². The lowest BCUT2D eigenvalue weighted by molar-refractivity contribution is -0.138. The molecular weight excluding hydrogens is 208 g/mol. The molecule has 1 aromatic rings. The van der Waals surface area contributed by atoms with Crippen LogP contribution in [0, 0.1) is 19.8 Å². The fourth-order valence-corrected chi connectivity index (χ4v) is 1.69. The number of carboxylic acid groups (broad SMARTS) is 1. The smallest absolute Gasteiger partial charge is 0.303 e. The molecule has 0 radical (unpaired) electrons. The third kappa shape index (κ3) is 2.10. The molecule has 6 nitrogen and oxygen atoms in total. The molecule has 0 aliphatic carbocycles. The first-order chi connectivity index (χ1) is 7.56. The number of hydrogen-bond donors (Lipinski definition) is 1. The topological polar surface area (TPSA) is 79.2 Å². The molecule has 1 aromatic heterocycles. The van der Waals surface area contributed by atoms with Crippen molar-refractivity contribution in [1.82, 2.24) is 15.2 Å². The highest BCUT2D eigenvalue weighted by Crippen LogP contribution is 2.23. The van der Waals surface area contributed by atoms with E-state index in [-0.39, 0.29) is 12.3 Å². The summed E-state index contributed by atoms with van der Waals surface area (Å²) in [6.45, 7) is 5.16. The van der Waals surface area contributed by atoms with E-state index in [1.54, 1.807) is 0 Å². The second-order valence-electron chi connectivity index (χ2n) is 4.15. The third-order valence-electron chi connectivity index (χ3n) is 2.78. The second kappa shape index (κ2) is 4.03. The lowest BCUT2D eigenvalue weighted by Crippen LogP contribution is -2.48. The summed E-state index contributed by atoms with van der Waals surface area (Å²) in [6, 6.07) is 0. The fraction of sp³-hybridized carbons (Fsp3) is 0.600. The van der Waals surface area contributed by atoms with Crippen molar-refractivity contribution in [2.75, 3.05) is 18.0 Å². The molecular formula is C10H14N4O2. The van der Waals surface area contributed by atoms with E-state index in [1.807, 2.05) is 18.7 Å². The van der Waals surface area contributed by atoms with Crippen molar-refractivity contribution in [1.29, 1.82) is 0 Å². The first-order valence-corrected chi connectivity index (χ1v) is 5.21. The largest absolute Gasteiger partial charge is 0.481 e. The molecule has 0 aromatic carbocycles. The van der Waals surface area contributed by atoms with Crippen molar-refractivity contribution < 1.29 is 9.90 Å². The average Bonchev–Trinajstić information content (AvgIpc) is 2.15. The summed E-state index contributed by atoms with van der Waals surface area (Å²) in [6.07, 6.45) is 0.217. The van der Waals surface area contributed by atoms with Gasteiger partial charge in [-0.1, -0.05) is 0 Å². The van der Waals surface area contributed by atoms with E-state index in [0.717, 1.165) is 11.4 Å². The molecule has 1 saturated heterocycles. The van der Waals surface area contributed by atoms with Gasteiger partial charge in [0.25, 0.3) is 0 Å². The number of rotatable bonds is 3. The van der Waals surface area contributed by atoms with Crippen molar-refractivity contribution in [2.24, 2.45) is 5.92 Å². The van der Waals surface area contributed by atoms with Crippen LogP contribution in [0.3, 0.4) is 0 Å². The van der Waals surface area contributed by atoms with Crippen LogP contribution in [0.5, 0.6) is 0 Å². The Labute approximate surface area is 93.3 Å². The van der Waals surface area contributed by atoms with Crippen molar-refractivity contribution in [3.63, 3.8) is 0 Å². The molecule has 1 aliphatic heterocycles. The number of nitrogens with zero attached hydrogens (tertiary/aromatic N) is 4. The van der Waals surface area contributed by atoms with Gasteiger partial charge in [0.2, 0.25) is 5.95 Å². The summed E-state index contributed by atoms with van der Waals surface area (Å²) in [5.74, 6) is 0.0660. The lowest BCUT2D eigenvalue weighted by Gasteiger charge is -2.38. The number of anilines is 1. The number of aryl methyl sites for hydroxylation is 2. The van der Waals surface area contributed by atoms with Gasteiger partial charge < -0.3 is 10.0 Å². The van der Waals surface area contributed by atoms with E-state index in [4.69, 9.17) is 5.11 Å². The standard InChI is InChI=1S/C10H14N4O2/c1-6-7(2)12-13-10(11-6)14-4-8(5-14)3-9(15)16/h8H,3-5H2,1-2H3,(H,15,16). The first-order valence-electron chi connectivity index (χ1n) is 5.21. The minimum atomic E-state index is -0.746. The Morgan fingerprint density at radius 2 is 2.06 bits per heavy atom. The van der Waals surface area contributed by atoms with E-state index in [2.05, 4.69) is 15.2 Å². The Morgan fingerprint density at radius 1 is 1.38 bits per heavy atom. The summed E-state index contributed by atoms with van der Waals surface area (Å²) in [5, 5.41) is 16.6. The van der Waals surface area contributed by atoms with Crippen LogP contribution < -0.4 is 4.90 Å². The van der Waals surface area contributed by atoms with E-state index < -0.39 is 5.97 Å². The van der Waals surface area contributed by atoms with Crippen molar-refractivity contribution >= 4 is 11.9 Å². The fourth-order valence-electron chi connectivity index (χ4n) is 1.69. The Morgan fingerprint density at radius 3 is 2.62 bits per heavy atom. The predicted molar refractivity (Wildman–Crippen MR) is 57.3 cm³/mol. The van der Waals surface area contributed by atoms with Crippen LogP contribution in [0.25, 0.3) is 0 Å². The van der Waals surface area contributed by atoms with E-state index in [1.165, 1.54) is 0 Å². The number of carbonyl (C=O) groups is 1. The molecule has 0 unspecified atom stereocenters. The zero-order chi connectivity index (χ0) is 11.7. The Balaban J connectivity index is 1.96. The van der Waals surface area contributed by atoms with Gasteiger partial charge in [0.05, 0.1) is 17.8 Å². The highest BCUT2D eigenvalue weighted by Gasteiger charge is 2.30. The SMILES string of the molecule is Cc1nnc(N2CC(CC(=O)O)C2)nc1C. The molecule has 1 aliphatic rings. The summed E-state index contributed by atoms with van der Waals surface area (Å²) < 4.78 is 0. The van der Waals surface area contributed by atoms with Gasteiger partial charge in [-0.15, -0.1) is 5.10 Å². The maximum absolute atomic E-state index is 10.5. The van der Waals surface area contributed by atoms with E-state index >= 15 is 0 Å². The van der Waals surface area contributed by atoms with Gasteiger partial charge in [0.1, 0.15) is 0 Å². The van der Waals surface area contributed by atoms with Gasteiger partial charge in [-0.2, -0.15) is 5.10 Å². The van der Waals surface area contributed by atoms with Crippen molar-refractivity contribution in [3.8, 4) is 0 Å². The van der Waals surface area contributed by atoms with Gasteiger partial charge >= 0.3 is 5.97 Å². The number of carboxylic acids is 1. The summed E-state index contributed by atoms with van der Waals surface area (Å²) in [7, 11) is 0. The average molecular weight is 222 g/mol. The van der Waals surface area contributed by atoms with Crippen LogP contribution in [0.4, 0.5) is 5.95 Å². The van der Waals surface area contributed by atoms with Gasteiger partial charge in [0, 0.05) is 19.0 Å². The van der Waals surface area contributed by atoms with E-state index in [9.17, 15) is 4.79 Å². The van der Waals surface area contributed by atoms with Gasteiger partial charge in [0.15, 0.2) is 0 Å². The lowest BCUT2D eigenvalue weighted by atomic mass is 9.97. The molecule has 1 fully saturated rings. The van der Waals surface area contributed by atoms with Crippen molar-refractivity contribution in [3.05, 3.63) is 11.4 Å². The summed E-state index contributed by atoms with van der Waals surface area (Å²) in [5.41, 5.74) is 1.69. The number of hydrogen-bond acceptors (Lipinski definition) is 5. The summed E-state index contributed by atoms with van der Waals surface area (Å²) >= 11 is 0. The molecule has 6 heteroatoms. The third-order valence-corrected chi connectivity index (χ3v) is 2.78. The molecule has 0 spiro atoms. The molecule has 0 bridgehead atoms. The van der Waals surface area contributed by atoms with Gasteiger partial charge in [-0.3, -0.25) is 4.79 Å². The maximum atomic E-state index is 10.5. The normalized spacial score (nSPS) is 16.0. The molecule has 1 N–H and O–H groups in total. The molecule has 2 rings (SSSR count). The molecule has 2 heterocycles. The monoisotopic (exact) mass is 222 g/mol. The predicted octanol–water partition coefficient (Wildman–Crippen LogP) is 0.399. The zero-order valence-electron chi connectivity index (χ0n) is 9.34. The number of aromatic nitrogens is 3. The van der Waals surface area contributed by atoms with E-state index in [0.29, 0.717) is 19.0 Å². The zero-order valence-corrected chi connectivity index (χ0v) is 9.34. The summed E-state index contributed by atoms with van der Waals surface area (Å²) in [4.78, 5) is 16.7. The highest BCUT2D eigenvalue weighted by atomic mass is 16.4. The van der Waals surface area contributed by atoms with Crippen LogP contribution in [0.1, 0.15) is 17.8 Å². The molecule has 16 heavy (non-hydrogen) atoms. The van der Waals surface area contributed by atoms with Crippen LogP contribution in [0.15, 0.2) is 0 Å². The Hall–Kier alpha value is -1.72. The van der Waals surface area contributed by atoms with Gasteiger partial charge in [-0.25, -0.2) is 4.98 Å². The Bertz CT molecular complexity index is 415. The molecule has 0 saturated carbocycles. The Kier molecular flexibility index (Phi) is 2.72. The van der Waals surface area contributed by atoms with Crippen LogP contribution >= 0.6 is 0 Å². The minimum Gasteiger partial charge on any atom is -0.481 e. The van der Waals surface area contributed by atoms with Crippen LogP contribution in [0.2, 0.25) is 0 Å². The molecule has 0 amide bonds. The van der Waals surface area contributed by atoms with Crippen LogP contribution in [-0.2, 0) is 4.79 Å². The van der Waals surface area contributed by atoms with Crippen molar-refractivity contribution in [2.45, 2.75) is 20.3 Å². The minimum absolute atomic E-state index is 0.211. The maximum Gasteiger partial charge on any atom is 0.303 e. The number of aliphatic carboxylic acids is 1. The first kappa shape index (κ1) is 10.8. The quantitative estimate of drug-likeness (QED) is 0.797. The molecule has 86 valence electrons. The molecule has 0 atom stereocenters. The highest BCUT2D eigenvalue weighted by molar-refractivity contribution is 5.67. The second-order valence-corrected chi connectivity index (χ2v) is 4.15. The van der Waals surface area contributed by atoms with Gasteiger partial charge in [-0.05, 0) is 13.8 Å².